The number of hydrogen-bond acceptors (Lipinski definition) is 4. The molecule has 4 nitrogen and oxygen atoms in total. The van der Waals surface area contributed by atoms with Gasteiger partial charge in [0.15, 0.2) is 5.78 Å². The predicted molar refractivity (Wildman–Crippen MR) is 90.1 cm³/mol. The first-order chi connectivity index (χ1) is 11.4. The third-order valence-electron chi connectivity index (χ3n) is 5.22. The fraction of sp³-hybridized carbons (Fsp3) is 0.500. The highest BCUT2D eigenvalue weighted by atomic mass is 16.5. The van der Waals surface area contributed by atoms with Crippen LogP contribution in [0.15, 0.2) is 46.3 Å². The molecule has 0 amide bonds. The first-order valence-corrected chi connectivity index (χ1v) is 8.50. The van der Waals surface area contributed by atoms with Crippen molar-refractivity contribution in [2.24, 2.45) is 11.3 Å². The third kappa shape index (κ3) is 3.37. The molecule has 2 aliphatic rings. The van der Waals surface area contributed by atoms with Gasteiger partial charge in [-0.1, -0.05) is 25.5 Å². The smallest absolute Gasteiger partial charge is 0.334 e. The van der Waals surface area contributed by atoms with Gasteiger partial charge in [0.05, 0.1) is 12.5 Å². The summed E-state index contributed by atoms with van der Waals surface area (Å²) in [4.78, 5) is 24.0. The molecule has 0 aromatic carbocycles. The number of esters is 1. The summed E-state index contributed by atoms with van der Waals surface area (Å²) in [6.45, 7) is 6.29. The second kappa shape index (κ2) is 6.42. The fourth-order valence-electron chi connectivity index (χ4n) is 3.96. The van der Waals surface area contributed by atoms with E-state index in [2.05, 4.69) is 13.8 Å². The number of carbonyl (C=O) groups is 2. The molecule has 2 unspecified atom stereocenters. The third-order valence-corrected chi connectivity index (χ3v) is 5.22. The SMILES string of the molecule is CC1=CC(=O)CC(C)(C)C1CCC1=CCC(c2ccoc2)OC1=O. The molecule has 1 aliphatic carbocycles. The Balaban J connectivity index is 1.65. The highest BCUT2D eigenvalue weighted by molar-refractivity contribution is 5.92. The predicted octanol–water partition coefficient (Wildman–Crippen LogP) is 4.54. The van der Waals surface area contributed by atoms with Crippen molar-refractivity contribution >= 4 is 11.8 Å². The number of ketones is 1. The van der Waals surface area contributed by atoms with Crippen molar-refractivity contribution < 1.29 is 18.7 Å². The van der Waals surface area contributed by atoms with Crippen molar-refractivity contribution in [3.05, 3.63) is 47.5 Å². The van der Waals surface area contributed by atoms with Gasteiger partial charge in [-0.25, -0.2) is 4.79 Å². The number of hydrogen-bond donors (Lipinski definition) is 0. The number of ether oxygens (including phenoxy) is 1. The highest BCUT2D eigenvalue weighted by Crippen LogP contribution is 2.43. The molecule has 2 heterocycles. The van der Waals surface area contributed by atoms with E-state index >= 15 is 0 Å². The zero-order valence-electron chi connectivity index (χ0n) is 14.5. The summed E-state index contributed by atoms with van der Waals surface area (Å²) < 4.78 is 10.6. The molecule has 2 atom stereocenters. The second-order valence-corrected chi connectivity index (χ2v) is 7.53. The molecular formula is C20H24O4. The largest absolute Gasteiger partial charge is 0.472 e. The van der Waals surface area contributed by atoms with Gasteiger partial charge in [-0.2, -0.15) is 0 Å². The van der Waals surface area contributed by atoms with Crippen LogP contribution in [0.5, 0.6) is 0 Å². The quantitative estimate of drug-likeness (QED) is 0.762. The number of cyclic esters (lactones) is 1. The molecule has 1 aromatic rings. The van der Waals surface area contributed by atoms with E-state index in [1.54, 1.807) is 18.6 Å². The standard InChI is InChI=1S/C20H24O4/c1-13-10-16(21)11-20(2,3)17(13)6-4-14-5-7-18(24-19(14)22)15-8-9-23-12-15/h5,8-10,12,17-18H,4,6-7,11H2,1-3H3. The summed E-state index contributed by atoms with van der Waals surface area (Å²) in [6.07, 6.45) is 9.51. The molecule has 1 aliphatic heterocycles. The van der Waals surface area contributed by atoms with E-state index in [9.17, 15) is 9.59 Å². The maximum Gasteiger partial charge on any atom is 0.334 e. The van der Waals surface area contributed by atoms with Crippen LogP contribution in [0.1, 0.15) is 58.1 Å². The molecule has 0 N–H and O–H groups in total. The Bertz CT molecular complexity index is 691. The minimum atomic E-state index is -0.245. The lowest BCUT2D eigenvalue weighted by Gasteiger charge is -2.38. The van der Waals surface area contributed by atoms with Crippen LogP contribution in [-0.2, 0) is 14.3 Å². The van der Waals surface area contributed by atoms with E-state index in [-0.39, 0.29) is 23.3 Å². The lowest BCUT2D eigenvalue weighted by atomic mass is 9.66. The van der Waals surface area contributed by atoms with Crippen LogP contribution in [0, 0.1) is 11.3 Å². The molecule has 0 fully saturated rings. The van der Waals surface area contributed by atoms with Gasteiger partial charge in [0.2, 0.25) is 0 Å². The van der Waals surface area contributed by atoms with Gasteiger partial charge in [0.25, 0.3) is 0 Å². The van der Waals surface area contributed by atoms with Crippen molar-refractivity contribution in [1.82, 2.24) is 0 Å². The van der Waals surface area contributed by atoms with Gasteiger partial charge in [0, 0.05) is 24.0 Å². The van der Waals surface area contributed by atoms with Crippen LogP contribution in [0.2, 0.25) is 0 Å². The molecule has 0 spiro atoms. The summed E-state index contributed by atoms with van der Waals surface area (Å²) >= 11 is 0. The fourth-order valence-corrected chi connectivity index (χ4v) is 3.96. The highest BCUT2D eigenvalue weighted by Gasteiger charge is 2.36. The molecule has 128 valence electrons. The van der Waals surface area contributed by atoms with Crippen molar-refractivity contribution in [2.75, 3.05) is 0 Å². The molecule has 1 aromatic heterocycles. The average Bonchev–Trinajstić information content (AvgIpc) is 3.00. The van der Waals surface area contributed by atoms with Crippen LogP contribution < -0.4 is 0 Å². The first-order valence-electron chi connectivity index (χ1n) is 8.50. The number of allylic oxidation sites excluding steroid dienone is 2. The van der Waals surface area contributed by atoms with E-state index < -0.39 is 0 Å². The first kappa shape index (κ1) is 16.7. The van der Waals surface area contributed by atoms with E-state index in [1.807, 2.05) is 19.1 Å². The van der Waals surface area contributed by atoms with Crippen molar-refractivity contribution in [1.29, 1.82) is 0 Å². The number of rotatable bonds is 4. The summed E-state index contributed by atoms with van der Waals surface area (Å²) in [5.41, 5.74) is 2.70. The summed E-state index contributed by atoms with van der Waals surface area (Å²) in [5.74, 6) is 0.280. The number of furan rings is 1. The molecule has 0 radical (unpaired) electrons. The van der Waals surface area contributed by atoms with Gasteiger partial charge in [0.1, 0.15) is 6.10 Å². The summed E-state index contributed by atoms with van der Waals surface area (Å²) in [5, 5.41) is 0. The maximum atomic E-state index is 12.3. The second-order valence-electron chi connectivity index (χ2n) is 7.53. The maximum absolute atomic E-state index is 12.3. The monoisotopic (exact) mass is 328 g/mol. The molecule has 0 saturated heterocycles. The van der Waals surface area contributed by atoms with Gasteiger partial charge in [-0.3, -0.25) is 4.79 Å². The Labute approximate surface area is 142 Å². The zero-order valence-corrected chi connectivity index (χ0v) is 14.5. The van der Waals surface area contributed by atoms with Crippen LogP contribution in [0.25, 0.3) is 0 Å². The van der Waals surface area contributed by atoms with Gasteiger partial charge < -0.3 is 9.15 Å². The lowest BCUT2D eigenvalue weighted by Crippen LogP contribution is -2.32. The molecule has 24 heavy (non-hydrogen) atoms. The van der Waals surface area contributed by atoms with Crippen LogP contribution in [-0.4, -0.2) is 11.8 Å². The molecule has 0 bridgehead atoms. The van der Waals surface area contributed by atoms with E-state index in [0.717, 1.165) is 23.1 Å². The minimum absolute atomic E-state index is 0.0611. The Morgan fingerprint density at radius 1 is 1.29 bits per heavy atom. The van der Waals surface area contributed by atoms with Crippen LogP contribution >= 0.6 is 0 Å². The normalized spacial score (nSPS) is 26.6. The topological polar surface area (TPSA) is 56.5 Å². The van der Waals surface area contributed by atoms with Gasteiger partial charge >= 0.3 is 5.97 Å². The van der Waals surface area contributed by atoms with Gasteiger partial charge in [-0.15, -0.1) is 0 Å². The van der Waals surface area contributed by atoms with Crippen LogP contribution in [0.4, 0.5) is 0 Å². The zero-order chi connectivity index (χ0) is 17.3. The molecule has 0 saturated carbocycles. The Hall–Kier alpha value is -2.10. The Morgan fingerprint density at radius 3 is 2.71 bits per heavy atom. The number of carbonyl (C=O) groups excluding carboxylic acids is 2. The molecule has 3 rings (SSSR count). The van der Waals surface area contributed by atoms with Crippen molar-refractivity contribution in [3.8, 4) is 0 Å². The molecular weight excluding hydrogens is 304 g/mol. The molecule has 4 heteroatoms. The van der Waals surface area contributed by atoms with Gasteiger partial charge in [-0.05, 0) is 43.2 Å². The van der Waals surface area contributed by atoms with E-state index in [4.69, 9.17) is 9.15 Å². The summed E-state index contributed by atoms with van der Waals surface area (Å²) in [7, 11) is 0. The lowest BCUT2D eigenvalue weighted by molar-refractivity contribution is -0.146. The minimum Gasteiger partial charge on any atom is -0.472 e. The summed E-state index contributed by atoms with van der Waals surface area (Å²) in [6, 6.07) is 1.83. The Morgan fingerprint density at radius 2 is 2.08 bits per heavy atom. The average molecular weight is 328 g/mol. The van der Waals surface area contributed by atoms with E-state index in [1.165, 1.54) is 0 Å². The van der Waals surface area contributed by atoms with Crippen molar-refractivity contribution in [2.45, 2.75) is 52.6 Å². The Kier molecular flexibility index (Phi) is 4.48. The van der Waals surface area contributed by atoms with Crippen LogP contribution in [0.3, 0.4) is 0 Å². The van der Waals surface area contributed by atoms with E-state index in [0.29, 0.717) is 25.2 Å². The van der Waals surface area contributed by atoms with Crippen molar-refractivity contribution in [3.63, 3.8) is 0 Å².